The number of carbonyl (C=O) groups is 1. The van der Waals surface area contributed by atoms with Gasteiger partial charge in [0.15, 0.2) is 0 Å². The highest BCUT2D eigenvalue weighted by Gasteiger charge is 2.12. The molecule has 2 rings (SSSR count). The molecule has 0 bridgehead atoms. The van der Waals surface area contributed by atoms with Crippen LogP contribution in [0.2, 0.25) is 0 Å². The van der Waals surface area contributed by atoms with E-state index in [1.807, 2.05) is 0 Å². The van der Waals surface area contributed by atoms with Gasteiger partial charge < -0.3 is 10.2 Å². The zero-order chi connectivity index (χ0) is 12.4. The first-order valence-electron chi connectivity index (χ1n) is 4.76. The molecule has 0 amide bonds. The maximum Gasteiger partial charge on any atom is 0.335 e. The standard InChI is InChI=1S/C12H8FNO3/c13-10-6-14-4-3-8(10)9-2-1-7(12(16)17)5-11(9)15/h1-6,15H,(H,16,17). The van der Waals surface area contributed by atoms with Crippen LogP contribution in [0.5, 0.6) is 5.75 Å². The lowest BCUT2D eigenvalue weighted by Gasteiger charge is -2.06. The van der Waals surface area contributed by atoms with Crippen molar-refractivity contribution in [2.24, 2.45) is 0 Å². The van der Waals surface area contributed by atoms with E-state index in [0.717, 1.165) is 12.3 Å². The monoisotopic (exact) mass is 233 g/mol. The molecule has 0 atom stereocenters. The normalized spacial score (nSPS) is 10.2. The predicted octanol–water partition coefficient (Wildman–Crippen LogP) is 2.29. The Morgan fingerprint density at radius 3 is 2.59 bits per heavy atom. The number of phenolic OH excluding ortho intramolecular Hbond substituents is 1. The molecule has 0 aliphatic carbocycles. The lowest BCUT2D eigenvalue weighted by atomic mass is 10.0. The topological polar surface area (TPSA) is 70.4 Å². The summed E-state index contributed by atoms with van der Waals surface area (Å²) in [4.78, 5) is 14.3. The second-order valence-corrected chi connectivity index (χ2v) is 3.39. The number of carboxylic acids is 1. The number of aromatic carboxylic acids is 1. The minimum Gasteiger partial charge on any atom is -0.507 e. The second kappa shape index (κ2) is 4.21. The van der Waals surface area contributed by atoms with Gasteiger partial charge in [0.2, 0.25) is 0 Å². The second-order valence-electron chi connectivity index (χ2n) is 3.39. The first-order chi connectivity index (χ1) is 8.09. The summed E-state index contributed by atoms with van der Waals surface area (Å²) in [5, 5.41) is 18.4. The van der Waals surface area contributed by atoms with E-state index < -0.39 is 11.8 Å². The van der Waals surface area contributed by atoms with E-state index in [0.29, 0.717) is 0 Å². The number of benzene rings is 1. The fourth-order valence-corrected chi connectivity index (χ4v) is 1.49. The maximum atomic E-state index is 13.4. The predicted molar refractivity (Wildman–Crippen MR) is 58.3 cm³/mol. The number of rotatable bonds is 2. The van der Waals surface area contributed by atoms with E-state index in [1.54, 1.807) is 0 Å². The zero-order valence-corrected chi connectivity index (χ0v) is 8.59. The number of halogens is 1. The lowest BCUT2D eigenvalue weighted by molar-refractivity contribution is 0.0696. The fourth-order valence-electron chi connectivity index (χ4n) is 1.49. The van der Waals surface area contributed by atoms with Crippen LogP contribution in [0.3, 0.4) is 0 Å². The van der Waals surface area contributed by atoms with Crippen LogP contribution in [0.1, 0.15) is 10.4 Å². The molecular formula is C12H8FNO3. The van der Waals surface area contributed by atoms with E-state index >= 15 is 0 Å². The average Bonchev–Trinajstić information content (AvgIpc) is 2.30. The lowest BCUT2D eigenvalue weighted by Crippen LogP contribution is -1.96. The van der Waals surface area contributed by atoms with E-state index in [9.17, 15) is 14.3 Å². The van der Waals surface area contributed by atoms with Gasteiger partial charge in [0.1, 0.15) is 11.6 Å². The minimum atomic E-state index is -1.15. The molecule has 2 N–H and O–H groups in total. The van der Waals surface area contributed by atoms with Crippen LogP contribution < -0.4 is 0 Å². The molecule has 0 unspecified atom stereocenters. The molecule has 0 aliphatic rings. The molecule has 1 aromatic heterocycles. The third kappa shape index (κ3) is 2.08. The SMILES string of the molecule is O=C(O)c1ccc(-c2ccncc2F)c(O)c1. The van der Waals surface area contributed by atoms with Gasteiger partial charge in [-0.05, 0) is 24.3 Å². The summed E-state index contributed by atoms with van der Waals surface area (Å²) < 4.78 is 13.4. The summed E-state index contributed by atoms with van der Waals surface area (Å²) in [7, 11) is 0. The molecule has 0 aliphatic heterocycles. The number of nitrogens with zero attached hydrogens (tertiary/aromatic N) is 1. The number of hydrogen-bond acceptors (Lipinski definition) is 3. The van der Waals surface area contributed by atoms with Gasteiger partial charge in [-0.2, -0.15) is 0 Å². The van der Waals surface area contributed by atoms with Crippen molar-refractivity contribution in [2.75, 3.05) is 0 Å². The number of carboxylic acid groups (broad SMARTS) is 1. The van der Waals surface area contributed by atoms with Crippen molar-refractivity contribution in [3.8, 4) is 16.9 Å². The minimum absolute atomic E-state index is 0.0549. The molecule has 17 heavy (non-hydrogen) atoms. The average molecular weight is 233 g/mol. The summed E-state index contributed by atoms with van der Waals surface area (Å²) in [6.45, 7) is 0. The molecule has 0 radical (unpaired) electrons. The van der Waals surface area contributed by atoms with Gasteiger partial charge in [0, 0.05) is 17.3 Å². The van der Waals surface area contributed by atoms with Gasteiger partial charge in [0.25, 0.3) is 0 Å². The smallest absolute Gasteiger partial charge is 0.335 e. The summed E-state index contributed by atoms with van der Waals surface area (Å²) in [5.41, 5.74) is 0.352. The Morgan fingerprint density at radius 2 is 2.00 bits per heavy atom. The van der Waals surface area contributed by atoms with Gasteiger partial charge >= 0.3 is 5.97 Å². The van der Waals surface area contributed by atoms with Crippen molar-refractivity contribution < 1.29 is 19.4 Å². The first-order valence-corrected chi connectivity index (χ1v) is 4.76. The van der Waals surface area contributed by atoms with Crippen molar-refractivity contribution in [3.63, 3.8) is 0 Å². The van der Waals surface area contributed by atoms with Crippen LogP contribution in [0, 0.1) is 5.82 Å². The van der Waals surface area contributed by atoms with Crippen molar-refractivity contribution in [1.82, 2.24) is 4.98 Å². The van der Waals surface area contributed by atoms with E-state index in [-0.39, 0.29) is 22.4 Å². The molecule has 0 saturated heterocycles. The maximum absolute atomic E-state index is 13.4. The summed E-state index contributed by atoms with van der Waals surface area (Å²) in [6.07, 6.45) is 2.42. The van der Waals surface area contributed by atoms with Gasteiger partial charge in [-0.1, -0.05) is 0 Å². The van der Waals surface area contributed by atoms with Gasteiger partial charge in [-0.25, -0.2) is 9.18 Å². The van der Waals surface area contributed by atoms with Crippen LogP contribution in [0.25, 0.3) is 11.1 Å². The Hall–Kier alpha value is -2.43. The molecule has 1 aromatic carbocycles. The highest BCUT2D eigenvalue weighted by Crippen LogP contribution is 2.31. The quantitative estimate of drug-likeness (QED) is 0.834. The molecule has 0 saturated carbocycles. The van der Waals surface area contributed by atoms with Crippen molar-refractivity contribution in [1.29, 1.82) is 0 Å². The highest BCUT2D eigenvalue weighted by atomic mass is 19.1. The summed E-state index contributed by atoms with van der Waals surface area (Å²) in [6, 6.07) is 5.15. The molecule has 86 valence electrons. The highest BCUT2D eigenvalue weighted by molar-refractivity contribution is 5.89. The zero-order valence-electron chi connectivity index (χ0n) is 8.59. The molecule has 4 nitrogen and oxygen atoms in total. The van der Waals surface area contributed by atoms with E-state index in [1.165, 1.54) is 24.4 Å². The fraction of sp³-hybridized carbons (Fsp3) is 0. The van der Waals surface area contributed by atoms with Crippen LogP contribution in [0.15, 0.2) is 36.7 Å². The van der Waals surface area contributed by atoms with Gasteiger partial charge in [-0.15, -0.1) is 0 Å². The summed E-state index contributed by atoms with van der Waals surface area (Å²) in [5.74, 6) is -2.01. The summed E-state index contributed by atoms with van der Waals surface area (Å²) >= 11 is 0. The van der Waals surface area contributed by atoms with Crippen molar-refractivity contribution in [2.45, 2.75) is 0 Å². The van der Waals surface area contributed by atoms with Crippen LogP contribution in [-0.2, 0) is 0 Å². The van der Waals surface area contributed by atoms with Crippen molar-refractivity contribution in [3.05, 3.63) is 48.0 Å². The Balaban J connectivity index is 2.55. The third-order valence-electron chi connectivity index (χ3n) is 2.31. The molecule has 0 spiro atoms. The van der Waals surface area contributed by atoms with Gasteiger partial charge in [0.05, 0.1) is 11.8 Å². The molecule has 2 aromatic rings. The number of phenols is 1. The Labute approximate surface area is 96.0 Å². The molecule has 5 heteroatoms. The largest absolute Gasteiger partial charge is 0.507 e. The molecular weight excluding hydrogens is 225 g/mol. The number of aromatic hydroxyl groups is 1. The number of aromatic nitrogens is 1. The van der Waals surface area contributed by atoms with Crippen LogP contribution >= 0.6 is 0 Å². The van der Waals surface area contributed by atoms with E-state index in [2.05, 4.69) is 4.98 Å². The van der Waals surface area contributed by atoms with Gasteiger partial charge in [-0.3, -0.25) is 4.98 Å². The first kappa shape index (κ1) is 11.1. The molecule has 0 fully saturated rings. The Morgan fingerprint density at radius 1 is 1.24 bits per heavy atom. The van der Waals surface area contributed by atoms with E-state index in [4.69, 9.17) is 5.11 Å². The molecule has 1 heterocycles. The van der Waals surface area contributed by atoms with Crippen molar-refractivity contribution >= 4 is 5.97 Å². The Kier molecular flexibility index (Phi) is 2.74. The number of pyridine rings is 1. The van der Waals surface area contributed by atoms with Crippen LogP contribution in [-0.4, -0.2) is 21.2 Å². The third-order valence-corrected chi connectivity index (χ3v) is 2.31. The number of hydrogen-bond donors (Lipinski definition) is 2. The Bertz CT molecular complexity index is 584. The van der Waals surface area contributed by atoms with Crippen LogP contribution in [0.4, 0.5) is 4.39 Å².